The van der Waals surface area contributed by atoms with E-state index < -0.39 is 5.97 Å². The van der Waals surface area contributed by atoms with Crippen molar-refractivity contribution in [1.29, 1.82) is 0 Å². The van der Waals surface area contributed by atoms with E-state index in [-0.39, 0.29) is 0 Å². The van der Waals surface area contributed by atoms with E-state index in [4.69, 9.17) is 5.11 Å². The van der Waals surface area contributed by atoms with Crippen molar-refractivity contribution in [2.75, 3.05) is 18.0 Å². The van der Waals surface area contributed by atoms with Crippen molar-refractivity contribution >= 4 is 11.7 Å². The van der Waals surface area contributed by atoms with Crippen molar-refractivity contribution in [2.45, 2.75) is 39.5 Å². The van der Waals surface area contributed by atoms with Gasteiger partial charge in [0.25, 0.3) is 0 Å². The van der Waals surface area contributed by atoms with Crippen molar-refractivity contribution < 1.29 is 9.90 Å². The second-order valence-electron chi connectivity index (χ2n) is 5.55. The van der Waals surface area contributed by atoms with E-state index in [0.717, 1.165) is 18.8 Å². The Labute approximate surface area is 115 Å². The van der Waals surface area contributed by atoms with Crippen molar-refractivity contribution in [3.63, 3.8) is 0 Å². The van der Waals surface area contributed by atoms with Crippen LogP contribution in [0.2, 0.25) is 0 Å². The highest BCUT2D eigenvalue weighted by Gasteiger charge is 2.31. The van der Waals surface area contributed by atoms with E-state index in [0.29, 0.717) is 11.0 Å². The van der Waals surface area contributed by atoms with Gasteiger partial charge in [0.15, 0.2) is 0 Å². The molecule has 0 unspecified atom stereocenters. The Balaban J connectivity index is 2.09. The van der Waals surface area contributed by atoms with Gasteiger partial charge in [-0.1, -0.05) is 32.8 Å². The van der Waals surface area contributed by atoms with Crippen LogP contribution in [0.15, 0.2) is 24.3 Å². The van der Waals surface area contributed by atoms with Gasteiger partial charge in [-0.15, -0.1) is 0 Å². The lowest BCUT2D eigenvalue weighted by Crippen LogP contribution is -2.39. The minimum absolute atomic E-state index is 0.375. The molecule has 0 radical (unpaired) electrons. The number of hydrogen-bond acceptors (Lipinski definition) is 2. The molecule has 3 heteroatoms. The molecule has 19 heavy (non-hydrogen) atoms. The second kappa shape index (κ2) is 5.64. The van der Waals surface area contributed by atoms with Crippen molar-refractivity contribution in [2.24, 2.45) is 5.41 Å². The van der Waals surface area contributed by atoms with Gasteiger partial charge < -0.3 is 10.0 Å². The Bertz CT molecular complexity index is 442. The molecule has 1 saturated heterocycles. The highest BCUT2D eigenvalue weighted by Crippen LogP contribution is 2.39. The summed E-state index contributed by atoms with van der Waals surface area (Å²) in [5.41, 5.74) is 1.92. The van der Waals surface area contributed by atoms with Crippen LogP contribution in [0, 0.1) is 5.41 Å². The van der Waals surface area contributed by atoms with Crippen LogP contribution >= 0.6 is 0 Å². The molecule has 1 fully saturated rings. The van der Waals surface area contributed by atoms with E-state index >= 15 is 0 Å². The molecule has 2 rings (SSSR count). The Morgan fingerprint density at radius 2 is 1.89 bits per heavy atom. The largest absolute Gasteiger partial charge is 0.478 e. The van der Waals surface area contributed by atoms with Crippen LogP contribution in [0.1, 0.15) is 49.9 Å². The predicted octanol–water partition coefficient (Wildman–Crippen LogP) is 3.79. The number of carbonyl (C=O) groups is 1. The van der Waals surface area contributed by atoms with E-state index in [1.165, 1.54) is 25.7 Å². The van der Waals surface area contributed by atoms with E-state index in [1.54, 1.807) is 12.1 Å². The molecule has 3 nitrogen and oxygen atoms in total. The lowest BCUT2D eigenvalue weighted by Gasteiger charge is -2.42. The molecule has 0 aromatic heterocycles. The number of nitrogens with zero attached hydrogens (tertiary/aromatic N) is 1. The summed E-state index contributed by atoms with van der Waals surface area (Å²) >= 11 is 0. The van der Waals surface area contributed by atoms with Crippen molar-refractivity contribution in [3.05, 3.63) is 29.8 Å². The molecule has 0 spiro atoms. The Morgan fingerprint density at radius 3 is 2.42 bits per heavy atom. The maximum absolute atomic E-state index is 11.0. The fourth-order valence-corrected chi connectivity index (χ4v) is 3.03. The van der Waals surface area contributed by atoms with Gasteiger partial charge in [-0.2, -0.15) is 0 Å². The first-order valence-electron chi connectivity index (χ1n) is 7.18. The van der Waals surface area contributed by atoms with Gasteiger partial charge in [-0.25, -0.2) is 4.79 Å². The first-order valence-corrected chi connectivity index (χ1v) is 7.18. The van der Waals surface area contributed by atoms with Crippen LogP contribution in [0.4, 0.5) is 5.69 Å². The fraction of sp³-hybridized carbons (Fsp3) is 0.562. The summed E-state index contributed by atoms with van der Waals surface area (Å²) in [5.74, 6) is -0.852. The topological polar surface area (TPSA) is 40.5 Å². The first-order chi connectivity index (χ1) is 9.10. The van der Waals surface area contributed by atoms with Crippen LogP contribution in [0.5, 0.6) is 0 Å². The smallest absolute Gasteiger partial charge is 0.335 e. The zero-order valence-corrected chi connectivity index (χ0v) is 11.9. The Morgan fingerprint density at radius 1 is 1.26 bits per heavy atom. The predicted molar refractivity (Wildman–Crippen MR) is 77.9 cm³/mol. The number of carboxylic acids is 1. The van der Waals surface area contributed by atoms with Gasteiger partial charge in [0.1, 0.15) is 0 Å². The third-order valence-corrected chi connectivity index (χ3v) is 4.78. The molecule has 0 bridgehead atoms. The van der Waals surface area contributed by atoms with Crippen LogP contribution in [-0.2, 0) is 0 Å². The zero-order valence-electron chi connectivity index (χ0n) is 11.9. The number of carboxylic acid groups (broad SMARTS) is 1. The molecular formula is C16H23NO2. The Hall–Kier alpha value is -1.51. The third kappa shape index (κ3) is 2.91. The first kappa shape index (κ1) is 13.9. The second-order valence-corrected chi connectivity index (χ2v) is 5.55. The molecule has 0 amide bonds. The quantitative estimate of drug-likeness (QED) is 0.896. The normalized spacial score (nSPS) is 18.3. The molecule has 1 aliphatic heterocycles. The van der Waals surface area contributed by atoms with Crippen LogP contribution in [0.3, 0.4) is 0 Å². The van der Waals surface area contributed by atoms with Gasteiger partial charge in [0.05, 0.1) is 5.56 Å². The molecule has 0 atom stereocenters. The maximum atomic E-state index is 11.0. The number of anilines is 1. The monoisotopic (exact) mass is 261 g/mol. The fourth-order valence-electron chi connectivity index (χ4n) is 3.03. The van der Waals surface area contributed by atoms with Gasteiger partial charge >= 0.3 is 5.97 Å². The standard InChI is InChI=1S/C16H23NO2/c1-3-16(4-2)8-10-17(11-9-16)14-7-5-6-13(12-14)15(18)19/h5-7,12H,3-4,8-11H2,1-2H3,(H,18,19). The van der Waals surface area contributed by atoms with E-state index in [9.17, 15) is 4.79 Å². The molecule has 1 N–H and O–H groups in total. The summed E-state index contributed by atoms with van der Waals surface area (Å²) in [6.45, 7) is 6.63. The van der Waals surface area contributed by atoms with Crippen molar-refractivity contribution in [1.82, 2.24) is 0 Å². The maximum Gasteiger partial charge on any atom is 0.335 e. The number of hydrogen-bond donors (Lipinski definition) is 1. The molecule has 1 aromatic rings. The molecular weight excluding hydrogens is 238 g/mol. The molecule has 0 saturated carbocycles. The van der Waals surface area contributed by atoms with Crippen LogP contribution < -0.4 is 4.90 Å². The number of rotatable bonds is 4. The average molecular weight is 261 g/mol. The van der Waals surface area contributed by atoms with Gasteiger partial charge in [-0.3, -0.25) is 0 Å². The van der Waals surface area contributed by atoms with Gasteiger partial charge in [0.2, 0.25) is 0 Å². The summed E-state index contributed by atoms with van der Waals surface area (Å²) in [5, 5.41) is 9.05. The number of piperidine rings is 1. The summed E-state index contributed by atoms with van der Waals surface area (Å²) in [4.78, 5) is 13.3. The average Bonchev–Trinajstić information content (AvgIpc) is 2.47. The summed E-state index contributed by atoms with van der Waals surface area (Å²) in [7, 11) is 0. The molecule has 0 aliphatic carbocycles. The summed E-state index contributed by atoms with van der Waals surface area (Å²) in [6.07, 6.45) is 4.90. The number of aromatic carboxylic acids is 1. The lowest BCUT2D eigenvalue weighted by molar-refractivity contribution is 0.0697. The lowest BCUT2D eigenvalue weighted by atomic mass is 9.74. The zero-order chi connectivity index (χ0) is 13.9. The summed E-state index contributed by atoms with van der Waals surface area (Å²) < 4.78 is 0. The van der Waals surface area contributed by atoms with Crippen molar-refractivity contribution in [3.8, 4) is 0 Å². The van der Waals surface area contributed by atoms with E-state index in [1.807, 2.05) is 12.1 Å². The van der Waals surface area contributed by atoms with Crippen LogP contribution in [0.25, 0.3) is 0 Å². The third-order valence-electron chi connectivity index (χ3n) is 4.78. The van der Waals surface area contributed by atoms with Gasteiger partial charge in [0, 0.05) is 18.8 Å². The number of benzene rings is 1. The minimum Gasteiger partial charge on any atom is -0.478 e. The summed E-state index contributed by atoms with van der Waals surface area (Å²) in [6, 6.07) is 7.28. The Kier molecular flexibility index (Phi) is 4.13. The molecule has 1 aromatic carbocycles. The molecule has 104 valence electrons. The van der Waals surface area contributed by atoms with Gasteiger partial charge in [-0.05, 0) is 36.5 Å². The molecule has 1 heterocycles. The SMILES string of the molecule is CCC1(CC)CCN(c2cccc(C(=O)O)c2)CC1. The molecule has 1 aliphatic rings. The highest BCUT2D eigenvalue weighted by molar-refractivity contribution is 5.88. The van der Waals surface area contributed by atoms with Crippen LogP contribution in [-0.4, -0.2) is 24.2 Å². The minimum atomic E-state index is -0.852. The highest BCUT2D eigenvalue weighted by atomic mass is 16.4. The van der Waals surface area contributed by atoms with E-state index in [2.05, 4.69) is 18.7 Å².